The standard InChI is InChI=1S/C9H8N4O2/c1-5-2-10-4-7(12-5)6-3-11-13-8(6)9(14)15/h2-4H,1H3,(H,11,13)(H,14,15). The van der Waals surface area contributed by atoms with Gasteiger partial charge in [0.05, 0.1) is 29.3 Å². The van der Waals surface area contributed by atoms with Gasteiger partial charge in [-0.05, 0) is 6.92 Å². The smallest absolute Gasteiger partial charge is 0.354 e. The first-order valence-corrected chi connectivity index (χ1v) is 4.24. The molecule has 0 fully saturated rings. The van der Waals surface area contributed by atoms with Crippen LogP contribution in [0, 0.1) is 6.92 Å². The van der Waals surface area contributed by atoms with E-state index in [4.69, 9.17) is 5.11 Å². The van der Waals surface area contributed by atoms with E-state index in [1.54, 1.807) is 13.1 Å². The van der Waals surface area contributed by atoms with Gasteiger partial charge in [-0.25, -0.2) is 9.78 Å². The molecule has 6 nitrogen and oxygen atoms in total. The van der Waals surface area contributed by atoms with Crippen LogP contribution in [0.2, 0.25) is 0 Å². The number of hydrogen-bond donors (Lipinski definition) is 2. The number of nitrogens with one attached hydrogen (secondary N) is 1. The Bertz CT molecular complexity index is 506. The lowest BCUT2D eigenvalue weighted by Gasteiger charge is -1.98. The van der Waals surface area contributed by atoms with Crippen molar-refractivity contribution in [1.29, 1.82) is 0 Å². The number of H-pyrrole nitrogens is 1. The van der Waals surface area contributed by atoms with Gasteiger partial charge in [-0.2, -0.15) is 5.10 Å². The van der Waals surface area contributed by atoms with E-state index in [1.165, 1.54) is 12.4 Å². The quantitative estimate of drug-likeness (QED) is 0.757. The van der Waals surface area contributed by atoms with Crippen LogP contribution in [-0.4, -0.2) is 31.2 Å². The molecule has 0 aliphatic carbocycles. The van der Waals surface area contributed by atoms with E-state index in [-0.39, 0.29) is 5.69 Å². The highest BCUT2D eigenvalue weighted by Crippen LogP contribution is 2.18. The highest BCUT2D eigenvalue weighted by Gasteiger charge is 2.15. The topological polar surface area (TPSA) is 91.8 Å². The first-order chi connectivity index (χ1) is 7.18. The second kappa shape index (κ2) is 3.49. The van der Waals surface area contributed by atoms with Crippen molar-refractivity contribution in [3.05, 3.63) is 30.0 Å². The van der Waals surface area contributed by atoms with Crippen LogP contribution in [0.1, 0.15) is 16.2 Å². The second-order valence-corrected chi connectivity index (χ2v) is 3.01. The van der Waals surface area contributed by atoms with Crippen LogP contribution in [0.15, 0.2) is 18.6 Å². The molecule has 15 heavy (non-hydrogen) atoms. The number of aromatic amines is 1. The van der Waals surface area contributed by atoms with Crippen LogP contribution in [0.4, 0.5) is 0 Å². The molecule has 76 valence electrons. The van der Waals surface area contributed by atoms with Crippen molar-refractivity contribution >= 4 is 5.97 Å². The molecule has 2 N–H and O–H groups in total. The molecular weight excluding hydrogens is 196 g/mol. The van der Waals surface area contributed by atoms with E-state index >= 15 is 0 Å². The Morgan fingerprint density at radius 1 is 1.40 bits per heavy atom. The number of aryl methyl sites for hydroxylation is 1. The number of hydrogen-bond acceptors (Lipinski definition) is 4. The molecule has 2 rings (SSSR count). The van der Waals surface area contributed by atoms with Crippen molar-refractivity contribution in [2.75, 3.05) is 0 Å². The fourth-order valence-corrected chi connectivity index (χ4v) is 1.24. The van der Waals surface area contributed by atoms with Crippen molar-refractivity contribution in [3.63, 3.8) is 0 Å². The molecule has 0 bridgehead atoms. The van der Waals surface area contributed by atoms with Gasteiger partial charge in [0.1, 0.15) is 0 Å². The summed E-state index contributed by atoms with van der Waals surface area (Å²) in [5.41, 5.74) is 1.69. The molecule has 6 heteroatoms. The Balaban J connectivity index is 2.54. The lowest BCUT2D eigenvalue weighted by Crippen LogP contribution is -2.00. The number of carboxylic acid groups (broad SMARTS) is 1. The zero-order valence-electron chi connectivity index (χ0n) is 7.93. The number of nitrogens with zero attached hydrogens (tertiary/aromatic N) is 3. The van der Waals surface area contributed by atoms with Crippen LogP contribution in [0.5, 0.6) is 0 Å². The molecule has 2 heterocycles. The number of carbonyl (C=O) groups is 1. The van der Waals surface area contributed by atoms with E-state index in [1.807, 2.05) is 0 Å². The van der Waals surface area contributed by atoms with Gasteiger partial charge in [0.25, 0.3) is 0 Å². The summed E-state index contributed by atoms with van der Waals surface area (Å²) in [5.74, 6) is -1.06. The van der Waals surface area contributed by atoms with Crippen LogP contribution < -0.4 is 0 Å². The monoisotopic (exact) mass is 204 g/mol. The number of aromatic nitrogens is 4. The van der Waals surface area contributed by atoms with Crippen molar-refractivity contribution < 1.29 is 9.90 Å². The van der Waals surface area contributed by atoms with Crippen molar-refractivity contribution in [2.45, 2.75) is 6.92 Å². The molecule has 0 atom stereocenters. The molecule has 0 unspecified atom stereocenters. The van der Waals surface area contributed by atoms with Crippen molar-refractivity contribution in [2.24, 2.45) is 0 Å². The highest BCUT2D eigenvalue weighted by molar-refractivity contribution is 5.92. The fraction of sp³-hybridized carbons (Fsp3) is 0.111. The maximum absolute atomic E-state index is 10.8. The Hall–Kier alpha value is -2.24. The Labute approximate surface area is 85.0 Å². The minimum absolute atomic E-state index is 0.0231. The predicted octanol–water partition coefficient (Wildman–Crippen LogP) is 0.873. The summed E-state index contributed by atoms with van der Waals surface area (Å²) in [5, 5.41) is 14.9. The van der Waals surface area contributed by atoms with Crippen molar-refractivity contribution in [1.82, 2.24) is 20.2 Å². The maximum Gasteiger partial charge on any atom is 0.354 e. The van der Waals surface area contributed by atoms with E-state index in [0.717, 1.165) is 5.69 Å². The van der Waals surface area contributed by atoms with Gasteiger partial charge >= 0.3 is 5.97 Å². The molecule has 0 saturated heterocycles. The van der Waals surface area contributed by atoms with Gasteiger partial charge in [-0.15, -0.1) is 0 Å². The predicted molar refractivity (Wildman–Crippen MR) is 51.3 cm³/mol. The van der Waals surface area contributed by atoms with E-state index in [0.29, 0.717) is 11.3 Å². The number of rotatable bonds is 2. The molecule has 0 aromatic carbocycles. The molecule has 0 amide bonds. The van der Waals surface area contributed by atoms with Crippen molar-refractivity contribution in [3.8, 4) is 11.3 Å². The summed E-state index contributed by atoms with van der Waals surface area (Å²) in [4.78, 5) is 18.9. The largest absolute Gasteiger partial charge is 0.477 e. The average molecular weight is 204 g/mol. The van der Waals surface area contributed by atoms with Gasteiger partial charge < -0.3 is 5.11 Å². The zero-order valence-corrected chi connectivity index (χ0v) is 7.93. The van der Waals surface area contributed by atoms with E-state index in [2.05, 4.69) is 20.2 Å². The lowest BCUT2D eigenvalue weighted by molar-refractivity contribution is 0.0691. The molecule has 0 saturated carbocycles. The SMILES string of the molecule is Cc1cncc(-c2cn[nH]c2C(=O)O)n1. The summed E-state index contributed by atoms with van der Waals surface area (Å²) in [6.45, 7) is 1.79. The third-order valence-corrected chi connectivity index (χ3v) is 1.88. The van der Waals surface area contributed by atoms with Gasteiger partial charge in [0.15, 0.2) is 5.69 Å². The van der Waals surface area contributed by atoms with Crippen LogP contribution in [0.25, 0.3) is 11.3 Å². The van der Waals surface area contributed by atoms with Gasteiger partial charge in [0.2, 0.25) is 0 Å². The fourth-order valence-electron chi connectivity index (χ4n) is 1.24. The molecule has 2 aromatic rings. The minimum Gasteiger partial charge on any atom is -0.477 e. The zero-order chi connectivity index (χ0) is 10.8. The average Bonchev–Trinajstić information content (AvgIpc) is 2.65. The lowest BCUT2D eigenvalue weighted by atomic mass is 10.2. The summed E-state index contributed by atoms with van der Waals surface area (Å²) in [6, 6.07) is 0. The minimum atomic E-state index is -1.06. The summed E-state index contributed by atoms with van der Waals surface area (Å²) in [6.07, 6.45) is 4.53. The summed E-state index contributed by atoms with van der Waals surface area (Å²) >= 11 is 0. The van der Waals surface area contributed by atoms with Crippen LogP contribution in [0.3, 0.4) is 0 Å². The summed E-state index contributed by atoms with van der Waals surface area (Å²) < 4.78 is 0. The molecule has 0 aliphatic heterocycles. The first-order valence-electron chi connectivity index (χ1n) is 4.24. The molecule has 0 spiro atoms. The van der Waals surface area contributed by atoms with Crippen LogP contribution in [-0.2, 0) is 0 Å². The van der Waals surface area contributed by atoms with Crippen LogP contribution >= 0.6 is 0 Å². The maximum atomic E-state index is 10.8. The molecule has 2 aromatic heterocycles. The third kappa shape index (κ3) is 1.69. The Morgan fingerprint density at radius 3 is 2.87 bits per heavy atom. The Morgan fingerprint density at radius 2 is 2.20 bits per heavy atom. The van der Waals surface area contributed by atoms with E-state index < -0.39 is 5.97 Å². The van der Waals surface area contributed by atoms with Gasteiger partial charge in [-0.3, -0.25) is 10.1 Å². The summed E-state index contributed by atoms with van der Waals surface area (Å²) in [7, 11) is 0. The van der Waals surface area contributed by atoms with E-state index in [9.17, 15) is 4.79 Å². The second-order valence-electron chi connectivity index (χ2n) is 3.01. The highest BCUT2D eigenvalue weighted by atomic mass is 16.4. The Kier molecular flexibility index (Phi) is 2.17. The molecular formula is C9H8N4O2. The number of carboxylic acids is 1. The molecule has 0 aliphatic rings. The first kappa shape index (κ1) is 9.32. The van der Waals surface area contributed by atoms with Gasteiger partial charge in [-0.1, -0.05) is 0 Å². The van der Waals surface area contributed by atoms with Gasteiger partial charge in [0, 0.05) is 6.20 Å². The molecule has 0 radical (unpaired) electrons. The normalized spacial score (nSPS) is 10.2. The number of aromatic carboxylic acids is 1. The third-order valence-electron chi connectivity index (χ3n) is 1.88.